The average molecular weight is 497 g/mol. The summed E-state index contributed by atoms with van der Waals surface area (Å²) in [6.45, 7) is 10.4. The number of nitrogens with zero attached hydrogens (tertiary/aromatic N) is 3. The van der Waals surface area contributed by atoms with Gasteiger partial charge in [-0.3, -0.25) is 4.79 Å². The molecule has 1 fully saturated rings. The van der Waals surface area contributed by atoms with Gasteiger partial charge in [0.1, 0.15) is 5.82 Å². The normalized spacial score (nSPS) is 15.2. The van der Waals surface area contributed by atoms with Crippen molar-refractivity contribution in [1.82, 2.24) is 9.21 Å². The molecule has 2 aromatic rings. The molecule has 1 aliphatic heterocycles. The van der Waals surface area contributed by atoms with Gasteiger partial charge in [-0.25, -0.2) is 12.8 Å². The van der Waals surface area contributed by atoms with Crippen molar-refractivity contribution in [2.75, 3.05) is 56.0 Å². The van der Waals surface area contributed by atoms with Gasteiger partial charge in [0.25, 0.3) is 5.91 Å². The molecule has 1 heterocycles. The minimum Gasteiger partial charge on any atom is -0.367 e. The van der Waals surface area contributed by atoms with Crippen LogP contribution in [0.2, 0.25) is 5.02 Å². The van der Waals surface area contributed by atoms with Gasteiger partial charge < -0.3 is 15.1 Å². The third kappa shape index (κ3) is 5.66. The quantitative estimate of drug-likeness (QED) is 0.600. The fourth-order valence-electron chi connectivity index (χ4n) is 3.93. The molecule has 0 aromatic heterocycles. The Hall–Kier alpha value is -2.20. The van der Waals surface area contributed by atoms with Crippen molar-refractivity contribution in [2.24, 2.45) is 0 Å². The van der Waals surface area contributed by atoms with E-state index >= 15 is 0 Å². The lowest BCUT2D eigenvalue weighted by molar-refractivity contribution is 0.102. The Balaban J connectivity index is 2.01. The Bertz CT molecular complexity index is 1100. The van der Waals surface area contributed by atoms with Crippen molar-refractivity contribution >= 4 is 38.9 Å². The zero-order valence-corrected chi connectivity index (χ0v) is 20.7. The summed E-state index contributed by atoms with van der Waals surface area (Å²) in [5.41, 5.74) is 0.804. The zero-order valence-electron chi connectivity index (χ0n) is 19.1. The average Bonchev–Trinajstić information content (AvgIpc) is 2.81. The first-order chi connectivity index (χ1) is 15.7. The highest BCUT2D eigenvalue weighted by Crippen LogP contribution is 2.32. The number of nitrogens with one attached hydrogen (secondary N) is 1. The molecule has 2 aromatic carbocycles. The molecule has 3 rings (SSSR count). The van der Waals surface area contributed by atoms with Crippen molar-refractivity contribution in [3.8, 4) is 0 Å². The van der Waals surface area contributed by atoms with Crippen LogP contribution in [-0.2, 0) is 10.0 Å². The number of sulfonamides is 1. The summed E-state index contributed by atoms with van der Waals surface area (Å²) in [5.74, 6) is -1.40. The van der Waals surface area contributed by atoms with Gasteiger partial charge in [-0.05, 0) is 42.9 Å². The van der Waals surface area contributed by atoms with E-state index in [0.29, 0.717) is 24.5 Å². The molecule has 0 unspecified atom stereocenters. The molecule has 0 atom stereocenters. The number of benzene rings is 2. The second-order valence-corrected chi connectivity index (χ2v) is 10.1. The molecule has 1 aliphatic rings. The minimum atomic E-state index is -3.74. The van der Waals surface area contributed by atoms with Gasteiger partial charge >= 0.3 is 0 Å². The van der Waals surface area contributed by atoms with Crippen LogP contribution in [-0.4, -0.2) is 69.3 Å². The van der Waals surface area contributed by atoms with Crippen molar-refractivity contribution in [3.63, 3.8) is 0 Å². The van der Waals surface area contributed by atoms with Crippen molar-refractivity contribution in [1.29, 1.82) is 0 Å². The number of likely N-dealkylation sites (N-methyl/N-ethyl adjacent to an activating group) is 1. The van der Waals surface area contributed by atoms with E-state index in [0.717, 1.165) is 38.8 Å². The van der Waals surface area contributed by atoms with Crippen LogP contribution < -0.4 is 10.2 Å². The van der Waals surface area contributed by atoms with Gasteiger partial charge in [-0.15, -0.1) is 0 Å². The minimum absolute atomic E-state index is 0.0732. The lowest BCUT2D eigenvalue weighted by Gasteiger charge is -2.36. The van der Waals surface area contributed by atoms with Gasteiger partial charge in [0.05, 0.1) is 21.8 Å². The molecule has 180 valence electrons. The first-order valence-corrected chi connectivity index (χ1v) is 12.9. The van der Waals surface area contributed by atoms with Gasteiger partial charge in [0.15, 0.2) is 0 Å². The number of hydrogen-bond donors (Lipinski definition) is 1. The number of halogens is 2. The molecule has 0 bridgehead atoms. The van der Waals surface area contributed by atoms with Crippen molar-refractivity contribution in [2.45, 2.75) is 25.7 Å². The fraction of sp³-hybridized carbons (Fsp3) is 0.435. The Labute approximate surface area is 200 Å². The molecule has 33 heavy (non-hydrogen) atoms. The van der Waals surface area contributed by atoms with E-state index in [4.69, 9.17) is 11.6 Å². The molecule has 0 spiro atoms. The highest BCUT2D eigenvalue weighted by molar-refractivity contribution is 7.89. The largest absolute Gasteiger partial charge is 0.367 e. The summed E-state index contributed by atoms with van der Waals surface area (Å²) in [4.78, 5) is 17.4. The third-order valence-corrected chi connectivity index (χ3v) is 8.17. The third-order valence-electron chi connectivity index (χ3n) is 5.89. The highest BCUT2D eigenvalue weighted by atomic mass is 35.5. The fourth-order valence-corrected chi connectivity index (χ4v) is 5.59. The van der Waals surface area contributed by atoms with E-state index < -0.39 is 21.7 Å². The maximum absolute atomic E-state index is 14.3. The van der Waals surface area contributed by atoms with Crippen molar-refractivity contribution < 1.29 is 17.6 Å². The van der Waals surface area contributed by atoms with Gasteiger partial charge in [0, 0.05) is 44.3 Å². The van der Waals surface area contributed by atoms with Gasteiger partial charge in [-0.2, -0.15) is 4.31 Å². The van der Waals surface area contributed by atoms with Crippen LogP contribution in [0, 0.1) is 5.82 Å². The molecule has 1 amide bonds. The molecule has 10 heteroatoms. The second kappa shape index (κ2) is 10.8. The van der Waals surface area contributed by atoms with E-state index in [1.165, 1.54) is 22.5 Å². The molecule has 0 aliphatic carbocycles. The summed E-state index contributed by atoms with van der Waals surface area (Å²) in [7, 11) is -3.74. The van der Waals surface area contributed by atoms with E-state index in [-0.39, 0.29) is 15.5 Å². The predicted octanol–water partition coefficient (Wildman–Crippen LogP) is 3.90. The van der Waals surface area contributed by atoms with Crippen LogP contribution in [0.3, 0.4) is 0 Å². The molecule has 0 saturated carbocycles. The maximum atomic E-state index is 14.3. The van der Waals surface area contributed by atoms with Crippen LogP contribution >= 0.6 is 11.6 Å². The van der Waals surface area contributed by atoms with Crippen LogP contribution in [0.25, 0.3) is 0 Å². The smallest absolute Gasteiger partial charge is 0.258 e. The van der Waals surface area contributed by atoms with E-state index in [1.54, 1.807) is 26.0 Å². The molecule has 1 N–H and O–H groups in total. The summed E-state index contributed by atoms with van der Waals surface area (Å²) < 4.78 is 41.8. The lowest BCUT2D eigenvalue weighted by atomic mass is 10.1. The lowest BCUT2D eigenvalue weighted by Crippen LogP contribution is -2.46. The topological polar surface area (TPSA) is 73.0 Å². The number of hydrogen-bond acceptors (Lipinski definition) is 5. The highest BCUT2D eigenvalue weighted by Gasteiger charge is 2.26. The number of rotatable bonds is 8. The number of carbonyl (C=O) groups excluding carboxylic acids is 1. The predicted molar refractivity (Wildman–Crippen MR) is 130 cm³/mol. The van der Waals surface area contributed by atoms with Gasteiger partial charge in [-0.1, -0.05) is 32.4 Å². The van der Waals surface area contributed by atoms with Crippen LogP contribution in [0.1, 0.15) is 31.1 Å². The Morgan fingerprint density at radius 1 is 1.06 bits per heavy atom. The molecule has 0 radical (unpaired) electrons. The number of amides is 1. The van der Waals surface area contributed by atoms with E-state index in [1.807, 2.05) is 0 Å². The summed E-state index contributed by atoms with van der Waals surface area (Å²) in [6.07, 6.45) is 0. The van der Waals surface area contributed by atoms with E-state index in [9.17, 15) is 17.6 Å². The summed E-state index contributed by atoms with van der Waals surface area (Å²) in [6, 6.07) is 8.47. The Morgan fingerprint density at radius 2 is 1.73 bits per heavy atom. The number of anilines is 2. The molecular formula is C23H30ClFN4O3S. The molecular weight excluding hydrogens is 467 g/mol. The number of piperazine rings is 1. The summed E-state index contributed by atoms with van der Waals surface area (Å²) >= 11 is 5.95. The zero-order chi connectivity index (χ0) is 24.2. The number of carbonyl (C=O) groups is 1. The summed E-state index contributed by atoms with van der Waals surface area (Å²) in [5, 5.41) is 2.96. The van der Waals surface area contributed by atoms with Crippen LogP contribution in [0.4, 0.5) is 15.8 Å². The van der Waals surface area contributed by atoms with Gasteiger partial charge in [0.2, 0.25) is 10.0 Å². The second-order valence-electron chi connectivity index (χ2n) is 7.77. The van der Waals surface area contributed by atoms with Crippen LogP contribution in [0.5, 0.6) is 0 Å². The van der Waals surface area contributed by atoms with Crippen LogP contribution in [0.15, 0.2) is 41.3 Å². The first kappa shape index (κ1) is 25.4. The standard InChI is InChI=1S/C23H30ClFN4O3S/c1-4-27-11-13-28(14-12-27)22-10-8-18(33(31,32)29(5-2)6-3)16-21(22)26-23(30)19-15-17(24)7-9-20(19)25/h7-10,15-16H,4-6,11-14H2,1-3H3,(H,26,30). The maximum Gasteiger partial charge on any atom is 0.258 e. The Kier molecular flexibility index (Phi) is 8.33. The molecule has 1 saturated heterocycles. The Morgan fingerprint density at radius 3 is 2.33 bits per heavy atom. The van der Waals surface area contributed by atoms with E-state index in [2.05, 4.69) is 22.0 Å². The molecule has 7 nitrogen and oxygen atoms in total. The SMILES string of the molecule is CCN1CCN(c2ccc(S(=O)(=O)N(CC)CC)cc2NC(=O)c2cc(Cl)ccc2F)CC1. The first-order valence-electron chi connectivity index (χ1n) is 11.1. The van der Waals surface area contributed by atoms with Crippen molar-refractivity contribution in [3.05, 3.63) is 52.8 Å². The monoisotopic (exact) mass is 496 g/mol.